The molecule has 0 radical (unpaired) electrons. The SMILES string of the molecule is CC(N)CC1(NC(=O)OCc2ccccc2)CC1. The molecule has 2 rings (SSSR count). The van der Waals surface area contributed by atoms with Crippen LogP contribution in [0.1, 0.15) is 31.7 Å². The van der Waals surface area contributed by atoms with Crippen LogP contribution in [0.4, 0.5) is 4.79 Å². The van der Waals surface area contributed by atoms with Crippen LogP contribution in [0.5, 0.6) is 0 Å². The first-order valence-corrected chi connectivity index (χ1v) is 6.34. The lowest BCUT2D eigenvalue weighted by molar-refractivity contribution is 0.133. The van der Waals surface area contributed by atoms with Crippen molar-refractivity contribution in [1.82, 2.24) is 5.32 Å². The number of amides is 1. The molecular formula is C14H20N2O2. The summed E-state index contributed by atoms with van der Waals surface area (Å²) in [6, 6.07) is 9.75. The molecule has 1 aliphatic carbocycles. The fraction of sp³-hybridized carbons (Fsp3) is 0.500. The maximum Gasteiger partial charge on any atom is 0.407 e. The van der Waals surface area contributed by atoms with Gasteiger partial charge in [-0.1, -0.05) is 30.3 Å². The lowest BCUT2D eigenvalue weighted by Crippen LogP contribution is -2.40. The molecule has 1 saturated carbocycles. The van der Waals surface area contributed by atoms with Crippen LogP contribution in [0.2, 0.25) is 0 Å². The zero-order chi connectivity index (χ0) is 13.0. The Bertz CT molecular complexity index is 400. The Hall–Kier alpha value is -1.55. The summed E-state index contributed by atoms with van der Waals surface area (Å²) >= 11 is 0. The van der Waals surface area contributed by atoms with Gasteiger partial charge in [0.25, 0.3) is 0 Å². The molecule has 1 aromatic rings. The van der Waals surface area contributed by atoms with E-state index in [9.17, 15) is 4.79 Å². The van der Waals surface area contributed by atoms with Gasteiger partial charge in [-0.25, -0.2) is 4.79 Å². The fourth-order valence-electron chi connectivity index (χ4n) is 2.12. The Kier molecular flexibility index (Phi) is 3.87. The number of carbonyl (C=O) groups excluding carboxylic acids is 1. The number of nitrogens with one attached hydrogen (secondary N) is 1. The molecule has 1 unspecified atom stereocenters. The van der Waals surface area contributed by atoms with Gasteiger partial charge in [-0.2, -0.15) is 0 Å². The monoisotopic (exact) mass is 248 g/mol. The number of rotatable bonds is 5. The van der Waals surface area contributed by atoms with Crippen LogP contribution in [0.25, 0.3) is 0 Å². The lowest BCUT2D eigenvalue weighted by atomic mass is 10.1. The third kappa shape index (κ3) is 3.74. The van der Waals surface area contributed by atoms with Gasteiger partial charge >= 0.3 is 6.09 Å². The first-order chi connectivity index (χ1) is 8.60. The highest BCUT2D eigenvalue weighted by molar-refractivity contribution is 5.69. The number of hydrogen-bond acceptors (Lipinski definition) is 3. The van der Waals surface area contributed by atoms with Crippen molar-refractivity contribution in [3.63, 3.8) is 0 Å². The Morgan fingerprint density at radius 2 is 2.11 bits per heavy atom. The van der Waals surface area contributed by atoms with Crippen molar-refractivity contribution in [2.75, 3.05) is 0 Å². The van der Waals surface area contributed by atoms with Crippen LogP contribution in [-0.2, 0) is 11.3 Å². The molecule has 0 spiro atoms. The van der Waals surface area contributed by atoms with E-state index in [0.717, 1.165) is 24.8 Å². The summed E-state index contributed by atoms with van der Waals surface area (Å²) in [5.74, 6) is 0. The molecule has 0 heterocycles. The van der Waals surface area contributed by atoms with E-state index in [4.69, 9.17) is 10.5 Å². The van der Waals surface area contributed by atoms with Gasteiger partial charge in [0.1, 0.15) is 6.61 Å². The highest BCUT2D eigenvalue weighted by atomic mass is 16.5. The van der Waals surface area contributed by atoms with Gasteiger partial charge < -0.3 is 15.8 Å². The van der Waals surface area contributed by atoms with Gasteiger partial charge in [-0.05, 0) is 31.7 Å². The number of hydrogen-bond donors (Lipinski definition) is 2. The predicted molar refractivity (Wildman–Crippen MR) is 70.0 cm³/mol. The molecule has 98 valence electrons. The lowest BCUT2D eigenvalue weighted by Gasteiger charge is -2.19. The molecule has 0 bridgehead atoms. The van der Waals surface area contributed by atoms with E-state index in [2.05, 4.69) is 5.32 Å². The second-order valence-electron chi connectivity index (χ2n) is 5.15. The van der Waals surface area contributed by atoms with Crippen LogP contribution >= 0.6 is 0 Å². The van der Waals surface area contributed by atoms with E-state index >= 15 is 0 Å². The molecule has 4 nitrogen and oxygen atoms in total. The first kappa shape index (κ1) is 12.9. The summed E-state index contributed by atoms with van der Waals surface area (Å²) in [5.41, 5.74) is 6.65. The van der Waals surface area contributed by atoms with E-state index in [0.29, 0.717) is 6.61 Å². The smallest absolute Gasteiger partial charge is 0.407 e. The maximum atomic E-state index is 11.7. The molecule has 0 aliphatic heterocycles. The van der Waals surface area contributed by atoms with E-state index in [1.54, 1.807) is 0 Å². The number of nitrogens with two attached hydrogens (primary N) is 1. The second kappa shape index (κ2) is 5.40. The summed E-state index contributed by atoms with van der Waals surface area (Å²) in [6.45, 7) is 2.26. The van der Waals surface area contributed by atoms with E-state index in [1.807, 2.05) is 37.3 Å². The van der Waals surface area contributed by atoms with Crippen molar-refractivity contribution < 1.29 is 9.53 Å². The maximum absolute atomic E-state index is 11.7. The van der Waals surface area contributed by atoms with Crippen molar-refractivity contribution in [2.45, 2.75) is 44.4 Å². The van der Waals surface area contributed by atoms with Gasteiger partial charge in [0.2, 0.25) is 0 Å². The zero-order valence-corrected chi connectivity index (χ0v) is 10.7. The average molecular weight is 248 g/mol. The molecular weight excluding hydrogens is 228 g/mol. The largest absolute Gasteiger partial charge is 0.445 e. The topological polar surface area (TPSA) is 64.3 Å². The zero-order valence-electron chi connectivity index (χ0n) is 10.7. The highest BCUT2D eigenvalue weighted by Crippen LogP contribution is 2.39. The van der Waals surface area contributed by atoms with Gasteiger partial charge in [-0.3, -0.25) is 0 Å². The Morgan fingerprint density at radius 1 is 1.44 bits per heavy atom. The van der Waals surface area contributed by atoms with E-state index in [1.165, 1.54) is 0 Å². The Labute approximate surface area is 108 Å². The van der Waals surface area contributed by atoms with Crippen molar-refractivity contribution in [2.24, 2.45) is 5.73 Å². The summed E-state index contributed by atoms with van der Waals surface area (Å²) in [7, 11) is 0. The molecule has 1 aliphatic rings. The quantitative estimate of drug-likeness (QED) is 0.839. The summed E-state index contributed by atoms with van der Waals surface area (Å²) in [6.07, 6.45) is 2.45. The molecule has 1 aromatic carbocycles. The molecule has 3 N–H and O–H groups in total. The molecule has 18 heavy (non-hydrogen) atoms. The third-order valence-corrected chi connectivity index (χ3v) is 3.15. The number of benzene rings is 1. The van der Waals surface area contributed by atoms with E-state index in [-0.39, 0.29) is 17.7 Å². The number of carbonyl (C=O) groups is 1. The molecule has 1 fully saturated rings. The van der Waals surface area contributed by atoms with Crippen molar-refractivity contribution in [1.29, 1.82) is 0 Å². The molecule has 0 aromatic heterocycles. The van der Waals surface area contributed by atoms with Crippen LogP contribution in [0, 0.1) is 0 Å². The number of ether oxygens (including phenoxy) is 1. The number of alkyl carbamates (subject to hydrolysis) is 1. The van der Waals surface area contributed by atoms with Crippen LogP contribution in [-0.4, -0.2) is 17.7 Å². The third-order valence-electron chi connectivity index (χ3n) is 3.15. The molecule has 4 heteroatoms. The Balaban J connectivity index is 1.76. The minimum Gasteiger partial charge on any atom is -0.445 e. The predicted octanol–water partition coefficient (Wildman–Crippen LogP) is 2.18. The summed E-state index contributed by atoms with van der Waals surface area (Å²) in [4.78, 5) is 11.7. The van der Waals surface area contributed by atoms with Gasteiger partial charge in [0, 0.05) is 11.6 Å². The highest BCUT2D eigenvalue weighted by Gasteiger charge is 2.44. The summed E-state index contributed by atoms with van der Waals surface area (Å²) < 4.78 is 5.19. The minimum absolute atomic E-state index is 0.0990. The fourth-order valence-corrected chi connectivity index (χ4v) is 2.12. The standard InChI is InChI=1S/C14H20N2O2/c1-11(15)9-14(7-8-14)16-13(17)18-10-12-5-3-2-4-6-12/h2-6,11H,7-10,15H2,1H3,(H,16,17). The summed E-state index contributed by atoms with van der Waals surface area (Å²) in [5, 5.41) is 2.93. The van der Waals surface area contributed by atoms with Gasteiger partial charge in [0.05, 0.1) is 0 Å². The van der Waals surface area contributed by atoms with Crippen molar-refractivity contribution in [3.8, 4) is 0 Å². The molecule has 0 saturated heterocycles. The van der Waals surface area contributed by atoms with Crippen molar-refractivity contribution >= 4 is 6.09 Å². The first-order valence-electron chi connectivity index (χ1n) is 6.34. The van der Waals surface area contributed by atoms with Crippen LogP contribution < -0.4 is 11.1 Å². The average Bonchev–Trinajstić information content (AvgIpc) is 3.06. The molecule has 1 amide bonds. The van der Waals surface area contributed by atoms with Gasteiger partial charge in [0.15, 0.2) is 0 Å². The van der Waals surface area contributed by atoms with Gasteiger partial charge in [-0.15, -0.1) is 0 Å². The normalized spacial score (nSPS) is 17.9. The molecule has 1 atom stereocenters. The Morgan fingerprint density at radius 3 is 2.67 bits per heavy atom. The van der Waals surface area contributed by atoms with Crippen molar-refractivity contribution in [3.05, 3.63) is 35.9 Å². The van der Waals surface area contributed by atoms with Crippen LogP contribution in [0.15, 0.2) is 30.3 Å². The van der Waals surface area contributed by atoms with E-state index < -0.39 is 0 Å². The second-order valence-corrected chi connectivity index (χ2v) is 5.15. The van der Waals surface area contributed by atoms with Crippen LogP contribution in [0.3, 0.4) is 0 Å². The minimum atomic E-state index is -0.350.